The van der Waals surface area contributed by atoms with Crippen molar-refractivity contribution in [2.24, 2.45) is 17.6 Å². The van der Waals surface area contributed by atoms with Gasteiger partial charge >= 0.3 is 0 Å². The maximum atomic E-state index is 12.8. The van der Waals surface area contributed by atoms with Crippen molar-refractivity contribution in [1.29, 1.82) is 0 Å². The summed E-state index contributed by atoms with van der Waals surface area (Å²) in [5.74, 6) is 0.287. The van der Waals surface area contributed by atoms with Gasteiger partial charge in [-0.15, -0.1) is 24.2 Å². The topological polar surface area (TPSA) is 66.6 Å². The normalized spacial score (nSPS) is 26.0. The molecule has 0 aromatic heterocycles. The fraction of sp³-hybridized carbons (Fsp3) is 0.556. The van der Waals surface area contributed by atoms with Gasteiger partial charge in [0.25, 0.3) is 0 Å². The highest BCUT2D eigenvalue weighted by Gasteiger charge is 2.40. The van der Waals surface area contributed by atoms with Crippen LogP contribution in [0, 0.1) is 11.8 Å². The third-order valence-electron chi connectivity index (χ3n) is 5.14. The average Bonchev–Trinajstić information content (AvgIpc) is 3.17. The Morgan fingerprint density at radius 2 is 1.96 bits per heavy atom. The SMILES string of the molecule is CSc1ccc(N2CC(C(=O)N3CC(CN)CC3C)CC2=O)cc1.Cl. The lowest BCUT2D eigenvalue weighted by Gasteiger charge is -2.25. The number of rotatable bonds is 4. The summed E-state index contributed by atoms with van der Waals surface area (Å²) in [5, 5.41) is 0. The minimum absolute atomic E-state index is 0. The summed E-state index contributed by atoms with van der Waals surface area (Å²) in [5.41, 5.74) is 6.63. The number of thioether (sulfide) groups is 1. The first-order valence-electron chi connectivity index (χ1n) is 8.48. The van der Waals surface area contributed by atoms with Crippen LogP contribution >= 0.6 is 24.2 Å². The zero-order chi connectivity index (χ0) is 17.3. The van der Waals surface area contributed by atoms with Crippen LogP contribution in [0.5, 0.6) is 0 Å². The van der Waals surface area contributed by atoms with Crippen molar-refractivity contribution in [3.8, 4) is 0 Å². The Morgan fingerprint density at radius 1 is 1.28 bits per heavy atom. The number of hydrogen-bond donors (Lipinski definition) is 1. The molecule has 2 fully saturated rings. The third kappa shape index (κ3) is 4.13. The van der Waals surface area contributed by atoms with E-state index >= 15 is 0 Å². The monoisotopic (exact) mass is 383 g/mol. The Hall–Kier alpha value is -1.24. The Kier molecular flexibility index (Phi) is 6.77. The second-order valence-corrected chi connectivity index (χ2v) is 7.66. The lowest BCUT2D eigenvalue weighted by atomic mass is 10.1. The summed E-state index contributed by atoms with van der Waals surface area (Å²) in [6.45, 7) is 3.89. The van der Waals surface area contributed by atoms with Crippen LogP contribution in [0.4, 0.5) is 5.69 Å². The van der Waals surface area contributed by atoms with Crippen LogP contribution in [0.25, 0.3) is 0 Å². The number of carbonyl (C=O) groups is 2. The molecule has 2 amide bonds. The van der Waals surface area contributed by atoms with Crippen molar-refractivity contribution >= 4 is 41.7 Å². The van der Waals surface area contributed by atoms with Gasteiger partial charge in [0.05, 0.1) is 5.92 Å². The first-order valence-corrected chi connectivity index (χ1v) is 9.71. The van der Waals surface area contributed by atoms with Gasteiger partial charge < -0.3 is 15.5 Å². The fourth-order valence-corrected chi connectivity index (χ4v) is 4.15. The lowest BCUT2D eigenvalue weighted by molar-refractivity contribution is -0.136. The molecule has 3 unspecified atom stereocenters. The van der Waals surface area contributed by atoms with Gasteiger partial charge in [-0.2, -0.15) is 0 Å². The van der Waals surface area contributed by atoms with Gasteiger partial charge in [0.1, 0.15) is 0 Å². The molecule has 3 atom stereocenters. The number of likely N-dealkylation sites (tertiary alicyclic amines) is 1. The van der Waals surface area contributed by atoms with Crippen molar-refractivity contribution in [2.45, 2.75) is 30.7 Å². The number of amides is 2. The van der Waals surface area contributed by atoms with Gasteiger partial charge in [-0.3, -0.25) is 9.59 Å². The van der Waals surface area contributed by atoms with Gasteiger partial charge in [0.15, 0.2) is 0 Å². The Balaban J connectivity index is 0.00000225. The van der Waals surface area contributed by atoms with E-state index in [1.807, 2.05) is 35.4 Å². The molecule has 5 nitrogen and oxygen atoms in total. The molecule has 2 aliphatic rings. The number of hydrogen-bond acceptors (Lipinski definition) is 4. The zero-order valence-electron chi connectivity index (χ0n) is 14.7. The number of nitrogens with zero attached hydrogens (tertiary/aromatic N) is 2. The molecule has 1 aromatic carbocycles. The smallest absolute Gasteiger partial charge is 0.228 e. The van der Waals surface area contributed by atoms with Crippen molar-refractivity contribution in [3.05, 3.63) is 24.3 Å². The van der Waals surface area contributed by atoms with E-state index in [1.54, 1.807) is 16.7 Å². The zero-order valence-corrected chi connectivity index (χ0v) is 16.3. The second kappa shape index (κ2) is 8.43. The van der Waals surface area contributed by atoms with Crippen molar-refractivity contribution in [3.63, 3.8) is 0 Å². The largest absolute Gasteiger partial charge is 0.339 e. The van der Waals surface area contributed by atoms with Gasteiger partial charge in [-0.05, 0) is 56.3 Å². The summed E-state index contributed by atoms with van der Waals surface area (Å²) in [6, 6.07) is 8.16. The molecule has 2 heterocycles. The summed E-state index contributed by atoms with van der Waals surface area (Å²) in [4.78, 5) is 30.1. The van der Waals surface area contributed by atoms with Gasteiger partial charge in [0, 0.05) is 36.1 Å². The Bertz CT molecular complexity index is 625. The molecule has 25 heavy (non-hydrogen) atoms. The molecule has 1 aromatic rings. The number of anilines is 1. The average molecular weight is 384 g/mol. The third-order valence-corrected chi connectivity index (χ3v) is 5.88. The van der Waals surface area contributed by atoms with E-state index in [-0.39, 0.29) is 36.2 Å². The van der Waals surface area contributed by atoms with Crippen LogP contribution < -0.4 is 10.6 Å². The predicted octanol–water partition coefficient (Wildman–Crippen LogP) is 2.38. The first-order chi connectivity index (χ1) is 11.5. The van der Waals surface area contributed by atoms with E-state index < -0.39 is 0 Å². The standard InChI is InChI=1S/C18H25N3O2S.ClH/c1-12-7-13(9-19)10-20(12)18(23)14-8-17(22)21(11-14)15-3-5-16(24-2)6-4-15;/h3-6,12-14H,7-11,19H2,1-2H3;1H. The summed E-state index contributed by atoms with van der Waals surface area (Å²) >= 11 is 1.67. The molecular weight excluding hydrogens is 358 g/mol. The Morgan fingerprint density at radius 3 is 2.52 bits per heavy atom. The van der Waals surface area contributed by atoms with Gasteiger partial charge in [-0.1, -0.05) is 0 Å². The molecule has 0 saturated carbocycles. The van der Waals surface area contributed by atoms with Crippen LogP contribution in [0.2, 0.25) is 0 Å². The van der Waals surface area contributed by atoms with E-state index in [2.05, 4.69) is 6.92 Å². The van der Waals surface area contributed by atoms with Crippen LogP contribution in [0.3, 0.4) is 0 Å². The highest BCUT2D eigenvalue weighted by Crippen LogP contribution is 2.30. The van der Waals surface area contributed by atoms with E-state index in [1.165, 1.54) is 0 Å². The van der Waals surface area contributed by atoms with Crippen LogP contribution in [-0.2, 0) is 9.59 Å². The number of benzene rings is 1. The highest BCUT2D eigenvalue weighted by atomic mass is 35.5. The molecule has 0 radical (unpaired) electrons. The maximum Gasteiger partial charge on any atom is 0.228 e. The van der Waals surface area contributed by atoms with Crippen LogP contribution in [-0.4, -0.2) is 48.6 Å². The highest BCUT2D eigenvalue weighted by molar-refractivity contribution is 7.98. The van der Waals surface area contributed by atoms with Gasteiger partial charge in [0.2, 0.25) is 11.8 Å². The van der Waals surface area contributed by atoms with E-state index in [0.717, 1.165) is 23.5 Å². The van der Waals surface area contributed by atoms with Gasteiger partial charge in [-0.25, -0.2) is 0 Å². The van der Waals surface area contributed by atoms with E-state index in [9.17, 15) is 9.59 Å². The molecule has 2 N–H and O–H groups in total. The first kappa shape index (κ1) is 20.1. The van der Waals surface area contributed by atoms with Crippen LogP contribution in [0.15, 0.2) is 29.2 Å². The van der Waals surface area contributed by atoms with Crippen molar-refractivity contribution < 1.29 is 9.59 Å². The summed E-state index contributed by atoms with van der Waals surface area (Å²) < 4.78 is 0. The number of nitrogens with two attached hydrogens (primary N) is 1. The molecular formula is C18H26ClN3O2S. The van der Waals surface area contributed by atoms with Crippen molar-refractivity contribution in [1.82, 2.24) is 4.90 Å². The Labute approximate surface area is 159 Å². The molecule has 2 saturated heterocycles. The molecule has 2 aliphatic heterocycles. The maximum absolute atomic E-state index is 12.8. The quantitative estimate of drug-likeness (QED) is 0.810. The molecule has 3 rings (SSSR count). The summed E-state index contributed by atoms with van der Waals surface area (Å²) in [6.07, 6.45) is 3.29. The molecule has 0 aliphatic carbocycles. The molecule has 7 heteroatoms. The molecule has 0 spiro atoms. The predicted molar refractivity (Wildman–Crippen MR) is 104 cm³/mol. The molecule has 0 bridgehead atoms. The van der Waals surface area contributed by atoms with E-state index in [0.29, 0.717) is 25.4 Å². The minimum atomic E-state index is -0.239. The summed E-state index contributed by atoms with van der Waals surface area (Å²) in [7, 11) is 0. The van der Waals surface area contributed by atoms with E-state index in [4.69, 9.17) is 5.73 Å². The fourth-order valence-electron chi connectivity index (χ4n) is 3.74. The van der Waals surface area contributed by atoms with Crippen molar-refractivity contribution in [2.75, 3.05) is 30.8 Å². The number of carbonyl (C=O) groups excluding carboxylic acids is 2. The lowest BCUT2D eigenvalue weighted by Crippen LogP contribution is -2.39. The minimum Gasteiger partial charge on any atom is -0.339 e. The number of halogens is 1. The second-order valence-electron chi connectivity index (χ2n) is 6.78. The van der Waals surface area contributed by atoms with Crippen LogP contribution in [0.1, 0.15) is 19.8 Å². The molecule has 138 valence electrons.